The quantitative estimate of drug-likeness (QED) is 0.353. The first-order valence-electron chi connectivity index (χ1n) is 9.43. The molecule has 3 aromatic rings. The van der Waals surface area contributed by atoms with Crippen LogP contribution in [0, 0.1) is 27.7 Å². The van der Waals surface area contributed by atoms with Crippen LogP contribution in [-0.4, -0.2) is 28.1 Å². The normalized spacial score (nSPS) is 11.0. The summed E-state index contributed by atoms with van der Waals surface area (Å²) >= 11 is 0. The molecule has 0 saturated carbocycles. The number of ether oxygens (including phenoxy) is 1. The van der Waals surface area contributed by atoms with Crippen molar-refractivity contribution < 1.29 is 14.3 Å². The van der Waals surface area contributed by atoms with Crippen LogP contribution >= 0.6 is 0 Å². The van der Waals surface area contributed by atoms with Gasteiger partial charge in [-0.05, 0) is 51.5 Å². The van der Waals surface area contributed by atoms with E-state index >= 15 is 0 Å². The van der Waals surface area contributed by atoms with Crippen LogP contribution in [0.1, 0.15) is 38.4 Å². The van der Waals surface area contributed by atoms with E-state index in [1.807, 2.05) is 74.8 Å². The number of aromatic nitrogens is 2. The zero-order chi connectivity index (χ0) is 21.0. The minimum absolute atomic E-state index is 0.214. The highest BCUT2D eigenvalue weighted by molar-refractivity contribution is 6.00. The monoisotopic (exact) mass is 388 g/mol. The molecular formula is C24H24N2O3. The third kappa shape index (κ3) is 4.69. The highest BCUT2D eigenvalue weighted by atomic mass is 16.5. The molecule has 0 unspecified atom stereocenters. The van der Waals surface area contributed by atoms with Crippen LogP contribution < -0.4 is 0 Å². The summed E-state index contributed by atoms with van der Waals surface area (Å²) in [5.41, 5.74) is 6.07. The first-order chi connectivity index (χ1) is 13.9. The van der Waals surface area contributed by atoms with E-state index in [9.17, 15) is 9.59 Å². The van der Waals surface area contributed by atoms with E-state index in [-0.39, 0.29) is 12.4 Å². The fraction of sp³-hybridized carbons (Fsp3) is 0.208. The minimum Gasteiger partial charge on any atom is -0.454 e. The number of hydrogen-bond donors (Lipinski definition) is 0. The van der Waals surface area contributed by atoms with Crippen molar-refractivity contribution in [1.29, 1.82) is 0 Å². The lowest BCUT2D eigenvalue weighted by Gasteiger charge is -2.06. The molecule has 2 aromatic carbocycles. The van der Waals surface area contributed by atoms with Gasteiger partial charge in [0.1, 0.15) is 0 Å². The zero-order valence-electron chi connectivity index (χ0n) is 17.1. The average molecular weight is 388 g/mol. The number of esters is 1. The molecule has 0 aliphatic carbocycles. The third-order valence-corrected chi connectivity index (χ3v) is 4.76. The largest absolute Gasteiger partial charge is 0.454 e. The number of aryl methyl sites for hydroxylation is 3. The Morgan fingerprint density at radius 3 is 2.45 bits per heavy atom. The molecule has 3 rings (SSSR count). The topological polar surface area (TPSA) is 61.2 Å². The summed E-state index contributed by atoms with van der Waals surface area (Å²) in [4.78, 5) is 24.4. The van der Waals surface area contributed by atoms with E-state index in [1.54, 1.807) is 12.1 Å². The predicted molar refractivity (Wildman–Crippen MR) is 113 cm³/mol. The van der Waals surface area contributed by atoms with Gasteiger partial charge in [0.05, 0.1) is 11.4 Å². The van der Waals surface area contributed by atoms with Crippen molar-refractivity contribution in [3.63, 3.8) is 0 Å². The Labute approximate surface area is 170 Å². The second-order valence-electron chi connectivity index (χ2n) is 7.01. The number of benzene rings is 2. The SMILES string of the molecule is Cc1ccc(C(=O)COC(=O)/C=C/c2c(C)nn(-c3ccccc3)c2C)c(C)c1. The van der Waals surface area contributed by atoms with Gasteiger partial charge in [-0.2, -0.15) is 5.10 Å². The van der Waals surface area contributed by atoms with Gasteiger partial charge < -0.3 is 4.74 Å². The highest BCUT2D eigenvalue weighted by Gasteiger charge is 2.13. The van der Waals surface area contributed by atoms with Gasteiger partial charge in [0.2, 0.25) is 5.78 Å². The number of nitrogens with zero attached hydrogens (tertiary/aromatic N) is 2. The Balaban J connectivity index is 1.67. The molecule has 0 atom stereocenters. The van der Waals surface area contributed by atoms with Crippen LogP contribution in [0.2, 0.25) is 0 Å². The standard InChI is InChI=1S/C24H24N2O3/c1-16-10-11-21(17(2)14-16)23(27)15-29-24(28)13-12-22-18(3)25-26(19(22)4)20-8-6-5-7-9-20/h5-14H,15H2,1-4H3/b13-12+. The number of para-hydroxylation sites is 1. The van der Waals surface area contributed by atoms with Crippen LogP contribution in [0.4, 0.5) is 0 Å². The molecule has 0 N–H and O–H groups in total. The molecule has 29 heavy (non-hydrogen) atoms. The van der Waals surface area contributed by atoms with Crippen molar-refractivity contribution in [1.82, 2.24) is 9.78 Å². The Kier molecular flexibility index (Phi) is 6.07. The molecule has 0 saturated heterocycles. The summed E-state index contributed by atoms with van der Waals surface area (Å²) in [5, 5.41) is 4.55. The molecule has 1 aromatic heterocycles. The molecule has 5 nitrogen and oxygen atoms in total. The van der Waals surface area contributed by atoms with Crippen molar-refractivity contribution in [2.75, 3.05) is 6.61 Å². The number of rotatable bonds is 6. The first kappa shape index (κ1) is 20.3. The summed E-state index contributed by atoms with van der Waals surface area (Å²) in [6.07, 6.45) is 3.02. The molecular weight excluding hydrogens is 364 g/mol. The van der Waals surface area contributed by atoms with Gasteiger partial charge in [0, 0.05) is 22.9 Å². The second kappa shape index (κ2) is 8.69. The Bertz CT molecular complexity index is 1080. The summed E-state index contributed by atoms with van der Waals surface area (Å²) in [6.45, 7) is 7.39. The number of hydrogen-bond acceptors (Lipinski definition) is 4. The molecule has 0 bridgehead atoms. The van der Waals surface area contributed by atoms with Gasteiger partial charge in [-0.1, -0.05) is 42.0 Å². The van der Waals surface area contributed by atoms with Crippen LogP contribution in [0.3, 0.4) is 0 Å². The lowest BCUT2D eigenvalue weighted by atomic mass is 10.0. The zero-order valence-corrected chi connectivity index (χ0v) is 17.1. The molecule has 0 fully saturated rings. The lowest BCUT2D eigenvalue weighted by molar-refractivity contribution is -0.136. The molecule has 1 heterocycles. The van der Waals surface area contributed by atoms with E-state index in [0.29, 0.717) is 5.56 Å². The Morgan fingerprint density at radius 1 is 1.03 bits per heavy atom. The van der Waals surface area contributed by atoms with Gasteiger partial charge in [0.15, 0.2) is 6.61 Å². The van der Waals surface area contributed by atoms with Crippen LogP contribution in [0.5, 0.6) is 0 Å². The predicted octanol–water partition coefficient (Wildman–Crippen LogP) is 4.55. The summed E-state index contributed by atoms with van der Waals surface area (Å²) < 4.78 is 6.97. The first-order valence-corrected chi connectivity index (χ1v) is 9.43. The molecule has 148 valence electrons. The smallest absolute Gasteiger partial charge is 0.331 e. The summed E-state index contributed by atoms with van der Waals surface area (Å²) in [7, 11) is 0. The molecule has 0 spiro atoms. The van der Waals surface area contributed by atoms with Crippen molar-refractivity contribution in [3.8, 4) is 5.69 Å². The number of carbonyl (C=O) groups is 2. The number of Topliss-reactive ketones (excluding diaryl/α,β-unsaturated/α-hetero) is 1. The maximum Gasteiger partial charge on any atom is 0.331 e. The molecule has 0 aliphatic rings. The highest BCUT2D eigenvalue weighted by Crippen LogP contribution is 2.19. The van der Waals surface area contributed by atoms with Gasteiger partial charge >= 0.3 is 5.97 Å². The van der Waals surface area contributed by atoms with Gasteiger partial charge in [-0.15, -0.1) is 0 Å². The maximum absolute atomic E-state index is 12.3. The van der Waals surface area contributed by atoms with Crippen molar-refractivity contribution in [2.24, 2.45) is 0 Å². The third-order valence-electron chi connectivity index (χ3n) is 4.76. The lowest BCUT2D eigenvalue weighted by Crippen LogP contribution is -2.13. The Hall–Kier alpha value is -3.47. The van der Waals surface area contributed by atoms with Crippen LogP contribution in [0.15, 0.2) is 54.6 Å². The van der Waals surface area contributed by atoms with E-state index in [2.05, 4.69) is 5.10 Å². The van der Waals surface area contributed by atoms with Crippen molar-refractivity contribution in [2.45, 2.75) is 27.7 Å². The van der Waals surface area contributed by atoms with E-state index in [4.69, 9.17) is 4.74 Å². The fourth-order valence-electron chi connectivity index (χ4n) is 3.26. The average Bonchev–Trinajstić information content (AvgIpc) is 2.99. The second-order valence-corrected chi connectivity index (χ2v) is 7.01. The van der Waals surface area contributed by atoms with E-state index in [0.717, 1.165) is 33.8 Å². The van der Waals surface area contributed by atoms with E-state index < -0.39 is 5.97 Å². The minimum atomic E-state index is -0.561. The molecule has 0 amide bonds. The Morgan fingerprint density at radius 2 is 1.76 bits per heavy atom. The summed E-state index contributed by atoms with van der Waals surface area (Å²) in [6, 6.07) is 15.4. The van der Waals surface area contributed by atoms with Gasteiger partial charge in [-0.25, -0.2) is 9.48 Å². The van der Waals surface area contributed by atoms with Gasteiger partial charge in [0.25, 0.3) is 0 Å². The molecule has 0 aliphatic heterocycles. The van der Waals surface area contributed by atoms with Gasteiger partial charge in [-0.3, -0.25) is 4.79 Å². The van der Waals surface area contributed by atoms with Crippen molar-refractivity contribution in [3.05, 3.63) is 88.2 Å². The van der Waals surface area contributed by atoms with Crippen molar-refractivity contribution >= 4 is 17.8 Å². The fourth-order valence-corrected chi connectivity index (χ4v) is 3.26. The van der Waals surface area contributed by atoms with Crippen LogP contribution in [0.25, 0.3) is 11.8 Å². The van der Waals surface area contributed by atoms with Crippen LogP contribution in [-0.2, 0) is 9.53 Å². The molecule has 5 heteroatoms. The molecule has 0 radical (unpaired) electrons. The maximum atomic E-state index is 12.3. The van der Waals surface area contributed by atoms with E-state index in [1.165, 1.54) is 6.08 Å². The number of carbonyl (C=O) groups excluding carboxylic acids is 2. The number of ketones is 1. The summed E-state index contributed by atoms with van der Waals surface area (Å²) in [5.74, 6) is -0.775.